The standard InChI is InChI=1S/C8H13F5.C2H6/c1-2-3-4-5-6-7(9,10)8(11,12)13;1-2/h2-6H2,1H3;1-2H3. The van der Waals surface area contributed by atoms with E-state index in [9.17, 15) is 22.0 Å². The lowest BCUT2D eigenvalue weighted by Crippen LogP contribution is -2.36. The Hall–Kier alpha value is -0.350. The van der Waals surface area contributed by atoms with Gasteiger partial charge in [-0.25, -0.2) is 0 Å². The Kier molecular flexibility index (Phi) is 8.96. The predicted octanol–water partition coefficient (Wildman–Crippen LogP) is 5.18. The van der Waals surface area contributed by atoms with Gasteiger partial charge < -0.3 is 0 Å². The van der Waals surface area contributed by atoms with E-state index in [0.29, 0.717) is 12.8 Å². The molecular weight excluding hydrogens is 215 g/mol. The Morgan fingerprint density at radius 1 is 0.800 bits per heavy atom. The van der Waals surface area contributed by atoms with Crippen molar-refractivity contribution >= 4 is 0 Å². The first-order chi connectivity index (χ1) is 6.81. The average molecular weight is 234 g/mol. The molecule has 0 aliphatic rings. The smallest absolute Gasteiger partial charge is 0.196 e. The molecule has 0 rings (SSSR count). The van der Waals surface area contributed by atoms with E-state index in [-0.39, 0.29) is 6.42 Å². The van der Waals surface area contributed by atoms with Crippen LogP contribution >= 0.6 is 0 Å². The molecule has 0 atom stereocenters. The van der Waals surface area contributed by atoms with Crippen LogP contribution in [0.15, 0.2) is 0 Å². The van der Waals surface area contributed by atoms with Crippen molar-refractivity contribution in [2.24, 2.45) is 0 Å². The Morgan fingerprint density at radius 2 is 1.27 bits per heavy atom. The second-order valence-corrected chi connectivity index (χ2v) is 3.01. The van der Waals surface area contributed by atoms with Crippen molar-refractivity contribution in [2.45, 2.75) is 65.0 Å². The first-order valence-electron chi connectivity index (χ1n) is 5.26. The lowest BCUT2D eigenvalue weighted by Gasteiger charge is -2.18. The molecule has 0 saturated carbocycles. The van der Waals surface area contributed by atoms with Gasteiger partial charge in [-0.3, -0.25) is 0 Å². The van der Waals surface area contributed by atoms with Crippen LogP contribution in [0.2, 0.25) is 0 Å². The van der Waals surface area contributed by atoms with Gasteiger partial charge in [0, 0.05) is 6.42 Å². The summed E-state index contributed by atoms with van der Waals surface area (Å²) in [5, 5.41) is 0. The Balaban J connectivity index is 0. The van der Waals surface area contributed by atoms with Crippen LogP contribution in [-0.2, 0) is 0 Å². The average Bonchev–Trinajstić information content (AvgIpc) is 2.14. The first kappa shape index (κ1) is 17.1. The van der Waals surface area contributed by atoms with Crippen LogP contribution in [-0.4, -0.2) is 12.1 Å². The number of hydrogen-bond donors (Lipinski definition) is 0. The van der Waals surface area contributed by atoms with Crippen molar-refractivity contribution in [3.63, 3.8) is 0 Å². The molecule has 0 spiro atoms. The summed E-state index contributed by atoms with van der Waals surface area (Å²) in [6.45, 7) is 5.86. The van der Waals surface area contributed by atoms with Gasteiger partial charge in [-0.15, -0.1) is 0 Å². The molecule has 0 unspecified atom stereocenters. The van der Waals surface area contributed by atoms with Crippen molar-refractivity contribution in [1.82, 2.24) is 0 Å². The fourth-order valence-corrected chi connectivity index (χ4v) is 0.916. The summed E-state index contributed by atoms with van der Waals surface area (Å²) in [7, 11) is 0. The van der Waals surface area contributed by atoms with Crippen LogP contribution in [0.3, 0.4) is 0 Å². The summed E-state index contributed by atoms with van der Waals surface area (Å²) < 4.78 is 59.2. The second kappa shape index (κ2) is 7.88. The minimum atomic E-state index is -5.39. The van der Waals surface area contributed by atoms with Crippen molar-refractivity contribution in [1.29, 1.82) is 0 Å². The van der Waals surface area contributed by atoms with Gasteiger partial charge in [-0.2, -0.15) is 22.0 Å². The van der Waals surface area contributed by atoms with Crippen LogP contribution in [0.5, 0.6) is 0 Å². The molecule has 15 heavy (non-hydrogen) atoms. The Labute approximate surface area is 87.9 Å². The SMILES string of the molecule is CC.CCCCCCC(F)(F)C(F)(F)F. The lowest BCUT2D eigenvalue weighted by molar-refractivity contribution is -0.284. The lowest BCUT2D eigenvalue weighted by atomic mass is 10.1. The van der Waals surface area contributed by atoms with E-state index in [4.69, 9.17) is 0 Å². The van der Waals surface area contributed by atoms with E-state index < -0.39 is 18.5 Å². The van der Waals surface area contributed by atoms with Gasteiger partial charge >= 0.3 is 12.1 Å². The summed E-state index contributed by atoms with van der Waals surface area (Å²) in [6, 6.07) is 0. The summed E-state index contributed by atoms with van der Waals surface area (Å²) >= 11 is 0. The van der Waals surface area contributed by atoms with Gasteiger partial charge in [0.15, 0.2) is 0 Å². The molecule has 0 bridgehead atoms. The monoisotopic (exact) mass is 234 g/mol. The number of rotatable bonds is 5. The minimum absolute atomic E-state index is 0.0691. The summed E-state index contributed by atoms with van der Waals surface area (Å²) in [6.07, 6.45) is -4.59. The topological polar surface area (TPSA) is 0 Å². The van der Waals surface area contributed by atoms with Gasteiger partial charge in [0.2, 0.25) is 0 Å². The molecule has 0 aromatic carbocycles. The van der Waals surface area contributed by atoms with Crippen molar-refractivity contribution in [2.75, 3.05) is 0 Å². The molecule has 0 nitrogen and oxygen atoms in total. The quantitative estimate of drug-likeness (QED) is 0.454. The predicted molar refractivity (Wildman–Crippen MR) is 51.1 cm³/mol. The Morgan fingerprint density at radius 3 is 1.60 bits per heavy atom. The van der Waals surface area contributed by atoms with E-state index in [1.165, 1.54) is 0 Å². The van der Waals surface area contributed by atoms with Crippen LogP contribution in [0.25, 0.3) is 0 Å². The third-order valence-electron chi connectivity index (χ3n) is 1.76. The number of halogens is 5. The van der Waals surface area contributed by atoms with Crippen molar-refractivity contribution < 1.29 is 22.0 Å². The number of hydrogen-bond acceptors (Lipinski definition) is 0. The van der Waals surface area contributed by atoms with E-state index >= 15 is 0 Å². The third kappa shape index (κ3) is 7.56. The maximum Gasteiger partial charge on any atom is 0.453 e. The maximum absolute atomic E-state index is 12.2. The zero-order chi connectivity index (χ0) is 12.5. The van der Waals surface area contributed by atoms with Crippen LogP contribution in [0.1, 0.15) is 52.9 Å². The van der Waals surface area contributed by atoms with Crippen LogP contribution in [0.4, 0.5) is 22.0 Å². The van der Waals surface area contributed by atoms with Gasteiger partial charge in [0.25, 0.3) is 0 Å². The second-order valence-electron chi connectivity index (χ2n) is 3.01. The van der Waals surface area contributed by atoms with Crippen molar-refractivity contribution in [3.05, 3.63) is 0 Å². The molecule has 0 aliphatic carbocycles. The molecule has 0 aliphatic heterocycles. The molecule has 0 amide bonds. The minimum Gasteiger partial charge on any atom is -0.196 e. The van der Waals surface area contributed by atoms with E-state index in [0.717, 1.165) is 6.42 Å². The highest BCUT2D eigenvalue weighted by atomic mass is 19.4. The molecule has 0 fully saturated rings. The van der Waals surface area contributed by atoms with Gasteiger partial charge in [-0.05, 0) is 6.42 Å². The maximum atomic E-state index is 12.2. The van der Waals surface area contributed by atoms with Crippen molar-refractivity contribution in [3.8, 4) is 0 Å². The normalized spacial score (nSPS) is 12.0. The molecule has 94 valence electrons. The van der Waals surface area contributed by atoms with Gasteiger partial charge in [-0.1, -0.05) is 40.0 Å². The van der Waals surface area contributed by atoms with E-state index in [1.54, 1.807) is 0 Å². The first-order valence-corrected chi connectivity index (χ1v) is 5.26. The molecule has 0 saturated heterocycles. The fraction of sp³-hybridized carbons (Fsp3) is 1.00. The largest absolute Gasteiger partial charge is 0.453 e. The summed E-state index contributed by atoms with van der Waals surface area (Å²) in [5.74, 6) is -4.51. The van der Waals surface area contributed by atoms with Crippen LogP contribution < -0.4 is 0 Å². The Bertz CT molecular complexity index is 139. The summed E-state index contributed by atoms with van der Waals surface area (Å²) in [4.78, 5) is 0. The molecule has 0 aromatic heterocycles. The highest BCUT2D eigenvalue weighted by Crippen LogP contribution is 2.39. The molecule has 0 radical (unpaired) electrons. The molecule has 0 N–H and O–H groups in total. The molecular formula is C10H19F5. The number of alkyl halides is 5. The van der Waals surface area contributed by atoms with E-state index in [1.807, 2.05) is 20.8 Å². The zero-order valence-corrected chi connectivity index (χ0v) is 9.43. The number of unbranched alkanes of at least 4 members (excludes halogenated alkanes) is 3. The molecule has 0 heterocycles. The molecule has 5 heteroatoms. The van der Waals surface area contributed by atoms with Gasteiger partial charge in [0.05, 0.1) is 0 Å². The highest BCUT2D eigenvalue weighted by Gasteiger charge is 2.56. The van der Waals surface area contributed by atoms with E-state index in [2.05, 4.69) is 0 Å². The molecule has 0 aromatic rings. The van der Waals surface area contributed by atoms with Gasteiger partial charge in [0.1, 0.15) is 0 Å². The highest BCUT2D eigenvalue weighted by molar-refractivity contribution is 4.75. The zero-order valence-electron chi connectivity index (χ0n) is 9.43. The third-order valence-corrected chi connectivity index (χ3v) is 1.76. The fourth-order valence-electron chi connectivity index (χ4n) is 0.916. The summed E-state index contributed by atoms with van der Waals surface area (Å²) in [5.41, 5.74) is 0. The van der Waals surface area contributed by atoms with Crippen LogP contribution in [0, 0.1) is 0 Å².